The molecule has 0 amide bonds. The minimum Gasteiger partial charge on any atom is -0.466 e. The average molecular weight is 226 g/mol. The molecule has 0 saturated heterocycles. The van der Waals surface area contributed by atoms with Crippen molar-refractivity contribution in [2.75, 3.05) is 6.61 Å². The van der Waals surface area contributed by atoms with Gasteiger partial charge in [-0.15, -0.1) is 0 Å². The van der Waals surface area contributed by atoms with Gasteiger partial charge in [-0.1, -0.05) is 32.9 Å². The van der Waals surface area contributed by atoms with Gasteiger partial charge in [0.25, 0.3) is 0 Å². The summed E-state index contributed by atoms with van der Waals surface area (Å²) in [6, 6.07) is 0. The topological polar surface area (TPSA) is 26.3 Å². The van der Waals surface area contributed by atoms with Gasteiger partial charge in [-0.3, -0.25) is 4.79 Å². The molecule has 0 aromatic rings. The fraction of sp³-hybridized carbons (Fsp3) is 0.786. The van der Waals surface area contributed by atoms with Crippen molar-refractivity contribution in [3.05, 3.63) is 12.2 Å². The van der Waals surface area contributed by atoms with Gasteiger partial charge in [-0.25, -0.2) is 0 Å². The number of esters is 1. The van der Waals surface area contributed by atoms with Crippen LogP contribution in [-0.2, 0) is 9.53 Å². The first-order chi connectivity index (χ1) is 7.66. The summed E-state index contributed by atoms with van der Waals surface area (Å²) in [5.74, 6) is 0.340. The van der Waals surface area contributed by atoms with E-state index in [4.69, 9.17) is 4.74 Å². The summed E-state index contributed by atoms with van der Waals surface area (Å²) >= 11 is 0. The van der Waals surface area contributed by atoms with Crippen LogP contribution in [0.4, 0.5) is 0 Å². The zero-order valence-electron chi connectivity index (χ0n) is 11.0. The summed E-state index contributed by atoms with van der Waals surface area (Å²) in [6.45, 7) is 6.79. The predicted molar refractivity (Wildman–Crippen MR) is 68.3 cm³/mol. The van der Waals surface area contributed by atoms with E-state index in [2.05, 4.69) is 19.1 Å². The molecule has 0 fully saturated rings. The molecule has 94 valence electrons. The van der Waals surface area contributed by atoms with Gasteiger partial charge in [0.15, 0.2) is 0 Å². The van der Waals surface area contributed by atoms with E-state index in [1.165, 1.54) is 6.42 Å². The summed E-state index contributed by atoms with van der Waals surface area (Å²) in [7, 11) is 0. The summed E-state index contributed by atoms with van der Waals surface area (Å²) in [4.78, 5) is 11.2. The SMILES string of the molecule is CCC=CCCCCCOC(=O)CC(C)C. The maximum Gasteiger partial charge on any atom is 0.306 e. The van der Waals surface area contributed by atoms with Crippen molar-refractivity contribution in [1.82, 2.24) is 0 Å². The van der Waals surface area contributed by atoms with Crippen molar-refractivity contribution < 1.29 is 9.53 Å². The Bertz CT molecular complexity index is 195. The summed E-state index contributed by atoms with van der Waals surface area (Å²) in [5.41, 5.74) is 0. The lowest BCUT2D eigenvalue weighted by Gasteiger charge is -2.06. The minimum atomic E-state index is -0.0547. The molecular formula is C14H26O2. The van der Waals surface area contributed by atoms with E-state index in [9.17, 15) is 4.79 Å². The van der Waals surface area contributed by atoms with Gasteiger partial charge in [-0.2, -0.15) is 0 Å². The molecule has 0 spiro atoms. The van der Waals surface area contributed by atoms with Crippen LogP contribution in [0.5, 0.6) is 0 Å². The van der Waals surface area contributed by atoms with Gasteiger partial charge < -0.3 is 4.74 Å². The van der Waals surface area contributed by atoms with Crippen LogP contribution in [0.1, 0.15) is 59.3 Å². The van der Waals surface area contributed by atoms with Gasteiger partial charge in [0, 0.05) is 6.42 Å². The van der Waals surface area contributed by atoms with Crippen LogP contribution in [0.25, 0.3) is 0 Å². The second kappa shape index (κ2) is 10.7. The Morgan fingerprint density at radius 1 is 1.19 bits per heavy atom. The first-order valence-corrected chi connectivity index (χ1v) is 6.47. The van der Waals surface area contributed by atoms with Crippen molar-refractivity contribution in [2.24, 2.45) is 5.92 Å². The maximum atomic E-state index is 11.2. The molecular weight excluding hydrogens is 200 g/mol. The molecule has 0 aromatic heterocycles. The number of allylic oxidation sites excluding steroid dienone is 2. The highest BCUT2D eigenvalue weighted by Crippen LogP contribution is 2.04. The van der Waals surface area contributed by atoms with E-state index in [0.29, 0.717) is 18.9 Å². The Kier molecular flexibility index (Phi) is 10.2. The Morgan fingerprint density at radius 2 is 1.94 bits per heavy atom. The molecule has 0 radical (unpaired) electrons. The molecule has 0 heterocycles. The third kappa shape index (κ3) is 11.3. The van der Waals surface area contributed by atoms with Crippen molar-refractivity contribution in [1.29, 1.82) is 0 Å². The van der Waals surface area contributed by atoms with Crippen LogP contribution in [0.2, 0.25) is 0 Å². The zero-order valence-corrected chi connectivity index (χ0v) is 11.0. The third-order valence-corrected chi connectivity index (χ3v) is 2.26. The van der Waals surface area contributed by atoms with E-state index >= 15 is 0 Å². The largest absolute Gasteiger partial charge is 0.466 e. The van der Waals surface area contributed by atoms with Crippen molar-refractivity contribution >= 4 is 5.97 Å². The molecule has 16 heavy (non-hydrogen) atoms. The Labute approximate surface area is 100 Å². The number of carbonyl (C=O) groups is 1. The maximum absolute atomic E-state index is 11.2. The number of hydrogen-bond acceptors (Lipinski definition) is 2. The number of carbonyl (C=O) groups excluding carboxylic acids is 1. The lowest BCUT2D eigenvalue weighted by Crippen LogP contribution is -2.08. The highest BCUT2D eigenvalue weighted by molar-refractivity contribution is 5.69. The second-order valence-electron chi connectivity index (χ2n) is 4.55. The zero-order chi connectivity index (χ0) is 12.2. The van der Waals surface area contributed by atoms with Crippen LogP contribution >= 0.6 is 0 Å². The van der Waals surface area contributed by atoms with Crippen molar-refractivity contribution in [3.8, 4) is 0 Å². The highest BCUT2D eigenvalue weighted by Gasteiger charge is 2.04. The molecule has 0 rings (SSSR count). The Morgan fingerprint density at radius 3 is 2.56 bits per heavy atom. The molecule has 2 nitrogen and oxygen atoms in total. The minimum absolute atomic E-state index is 0.0547. The number of rotatable bonds is 9. The smallest absolute Gasteiger partial charge is 0.306 e. The Hall–Kier alpha value is -0.790. The summed E-state index contributed by atoms with van der Waals surface area (Å²) in [5, 5.41) is 0. The van der Waals surface area contributed by atoms with Crippen molar-refractivity contribution in [3.63, 3.8) is 0 Å². The van der Waals surface area contributed by atoms with Crippen LogP contribution < -0.4 is 0 Å². The van der Waals surface area contributed by atoms with Crippen LogP contribution in [0.3, 0.4) is 0 Å². The monoisotopic (exact) mass is 226 g/mol. The highest BCUT2D eigenvalue weighted by atomic mass is 16.5. The van der Waals surface area contributed by atoms with Crippen LogP contribution in [0, 0.1) is 5.92 Å². The fourth-order valence-electron chi connectivity index (χ4n) is 1.40. The molecule has 0 aromatic carbocycles. The first kappa shape index (κ1) is 15.2. The molecule has 0 aliphatic heterocycles. The van der Waals surface area contributed by atoms with Crippen molar-refractivity contribution in [2.45, 2.75) is 59.3 Å². The van der Waals surface area contributed by atoms with Crippen LogP contribution in [-0.4, -0.2) is 12.6 Å². The predicted octanol–water partition coefficient (Wildman–Crippen LogP) is 4.10. The normalized spacial score (nSPS) is 11.2. The van der Waals surface area contributed by atoms with Crippen LogP contribution in [0.15, 0.2) is 12.2 Å². The Balaban J connectivity index is 3.20. The van der Waals surface area contributed by atoms with E-state index in [-0.39, 0.29) is 5.97 Å². The van der Waals surface area contributed by atoms with Gasteiger partial charge in [0.05, 0.1) is 6.61 Å². The number of hydrogen-bond donors (Lipinski definition) is 0. The molecule has 0 bridgehead atoms. The molecule has 0 atom stereocenters. The average Bonchev–Trinajstić information content (AvgIpc) is 2.21. The molecule has 2 heteroatoms. The molecule has 0 N–H and O–H groups in total. The third-order valence-electron chi connectivity index (χ3n) is 2.26. The van der Waals surface area contributed by atoms with Gasteiger partial charge >= 0.3 is 5.97 Å². The molecule has 0 aliphatic rings. The van der Waals surface area contributed by atoms with Gasteiger partial charge in [0.1, 0.15) is 0 Å². The van der Waals surface area contributed by atoms with Gasteiger partial charge in [-0.05, 0) is 38.0 Å². The standard InChI is InChI=1S/C14H26O2/c1-4-5-6-7-8-9-10-11-16-14(15)12-13(2)3/h5-6,13H,4,7-12H2,1-3H3. The lowest BCUT2D eigenvalue weighted by atomic mass is 10.1. The van der Waals surface area contributed by atoms with E-state index in [1.54, 1.807) is 0 Å². The lowest BCUT2D eigenvalue weighted by molar-refractivity contribution is -0.144. The summed E-state index contributed by atoms with van der Waals surface area (Å²) < 4.78 is 5.12. The van der Waals surface area contributed by atoms with E-state index in [1.807, 2.05) is 13.8 Å². The van der Waals surface area contributed by atoms with E-state index < -0.39 is 0 Å². The van der Waals surface area contributed by atoms with Gasteiger partial charge in [0.2, 0.25) is 0 Å². The number of unbranched alkanes of at least 4 members (excludes halogenated alkanes) is 3. The summed E-state index contributed by atoms with van der Waals surface area (Å²) in [6.07, 6.45) is 10.6. The molecule has 0 saturated carbocycles. The molecule has 0 aliphatic carbocycles. The number of ether oxygens (including phenoxy) is 1. The molecule has 0 unspecified atom stereocenters. The second-order valence-corrected chi connectivity index (χ2v) is 4.55. The quantitative estimate of drug-likeness (QED) is 0.336. The first-order valence-electron chi connectivity index (χ1n) is 6.47. The van der Waals surface area contributed by atoms with E-state index in [0.717, 1.165) is 25.7 Å². The fourth-order valence-corrected chi connectivity index (χ4v) is 1.40.